The van der Waals surface area contributed by atoms with Crippen LogP contribution >= 0.6 is 0 Å². The molecule has 2 aromatic heterocycles. The second kappa shape index (κ2) is 8.71. The number of benzene rings is 2. The molecule has 5 heterocycles. The van der Waals surface area contributed by atoms with Gasteiger partial charge in [0, 0.05) is 24.5 Å². The van der Waals surface area contributed by atoms with Gasteiger partial charge in [0.05, 0.1) is 40.4 Å². The molecule has 0 unspecified atom stereocenters. The number of hydrogen-bond acceptors (Lipinski definition) is 6. The zero-order chi connectivity index (χ0) is 23.9. The molecule has 9 heteroatoms. The van der Waals surface area contributed by atoms with Crippen molar-refractivity contribution in [2.75, 3.05) is 36.8 Å². The van der Waals surface area contributed by atoms with Gasteiger partial charge in [-0.2, -0.15) is 5.26 Å². The lowest BCUT2D eigenvalue weighted by atomic mass is 9.83. The molecule has 0 spiro atoms. The molecule has 3 aliphatic rings. The third-order valence-electron chi connectivity index (χ3n) is 7.27. The number of nitrogens with zero attached hydrogens (tertiary/aromatic N) is 3. The Kier molecular flexibility index (Phi) is 5.38. The molecule has 7 rings (SSSR count). The molecule has 178 valence electrons. The number of nitrogens with one attached hydrogen (secondary N) is 4. The predicted molar refractivity (Wildman–Crippen MR) is 135 cm³/mol. The number of pyridine rings is 1. The minimum absolute atomic E-state index is 0.169. The highest BCUT2D eigenvalue weighted by atomic mass is 19.1. The number of aromatic amines is 2. The van der Waals surface area contributed by atoms with Gasteiger partial charge in [0.1, 0.15) is 17.2 Å². The van der Waals surface area contributed by atoms with Gasteiger partial charge in [-0.25, -0.2) is 9.37 Å². The van der Waals surface area contributed by atoms with E-state index >= 15 is 4.39 Å². The predicted octanol–water partition coefficient (Wildman–Crippen LogP) is 4.04. The number of hydrogen-bond donors (Lipinski definition) is 4. The molecule has 2 bridgehead atoms. The molecule has 3 aliphatic heterocycles. The van der Waals surface area contributed by atoms with E-state index in [0.29, 0.717) is 40.4 Å². The Morgan fingerprint density at radius 3 is 2.74 bits per heavy atom. The normalized spacial score (nSPS) is 21.3. The van der Waals surface area contributed by atoms with E-state index < -0.39 is 5.82 Å². The minimum atomic E-state index is -0.435. The van der Waals surface area contributed by atoms with Crippen molar-refractivity contribution in [3.63, 3.8) is 0 Å². The van der Waals surface area contributed by atoms with Crippen LogP contribution in [-0.2, 0) is 0 Å². The van der Waals surface area contributed by atoms with Crippen molar-refractivity contribution in [2.24, 2.45) is 5.92 Å². The van der Waals surface area contributed by atoms with Gasteiger partial charge in [-0.1, -0.05) is 12.1 Å². The van der Waals surface area contributed by atoms with E-state index in [0.717, 1.165) is 43.5 Å². The Balaban J connectivity index is 1.51. The van der Waals surface area contributed by atoms with E-state index in [4.69, 9.17) is 5.26 Å². The van der Waals surface area contributed by atoms with E-state index in [9.17, 15) is 4.79 Å². The van der Waals surface area contributed by atoms with Crippen molar-refractivity contribution in [3.8, 4) is 17.5 Å². The quantitative estimate of drug-likeness (QED) is 0.316. The summed E-state index contributed by atoms with van der Waals surface area (Å²) < 4.78 is 15.2. The summed E-state index contributed by atoms with van der Waals surface area (Å²) in [4.78, 5) is 26.8. The van der Waals surface area contributed by atoms with Crippen LogP contribution in [0.3, 0.4) is 0 Å². The van der Waals surface area contributed by atoms with Gasteiger partial charge in [0.15, 0.2) is 0 Å². The van der Waals surface area contributed by atoms with Crippen molar-refractivity contribution >= 4 is 33.3 Å². The highest BCUT2D eigenvalue weighted by Crippen LogP contribution is 2.37. The average Bonchev–Trinajstić information content (AvgIpc) is 3.29. The fourth-order valence-electron chi connectivity index (χ4n) is 5.47. The molecule has 0 amide bonds. The monoisotopic (exact) mass is 471 g/mol. The van der Waals surface area contributed by atoms with Gasteiger partial charge in [0.2, 0.25) is 0 Å². The fraction of sp³-hybridized carbons (Fsp3) is 0.346. The van der Waals surface area contributed by atoms with Crippen molar-refractivity contribution < 1.29 is 4.39 Å². The fourth-order valence-corrected chi connectivity index (χ4v) is 5.47. The van der Waals surface area contributed by atoms with Crippen molar-refractivity contribution in [1.82, 2.24) is 19.9 Å². The number of H-pyrrole nitrogens is 2. The molecular formula is C26H26FN7O. The summed E-state index contributed by atoms with van der Waals surface area (Å²) in [6, 6.07) is 12.9. The van der Waals surface area contributed by atoms with E-state index in [-0.39, 0.29) is 23.7 Å². The number of aromatic nitrogens is 3. The number of fused-ring (bicyclic) bond motifs is 5. The Morgan fingerprint density at radius 1 is 1.17 bits per heavy atom. The van der Waals surface area contributed by atoms with Crippen LogP contribution in [0, 0.1) is 23.1 Å². The van der Waals surface area contributed by atoms with Gasteiger partial charge < -0.3 is 25.5 Å². The van der Waals surface area contributed by atoms with Crippen LogP contribution in [-0.4, -0.2) is 52.1 Å². The topological polar surface area (TPSA) is 113 Å². The smallest absolute Gasteiger partial charge is 0.261 e. The van der Waals surface area contributed by atoms with Crippen LogP contribution in [0.5, 0.6) is 0 Å². The van der Waals surface area contributed by atoms with E-state index in [1.54, 1.807) is 6.07 Å². The van der Waals surface area contributed by atoms with Crippen LogP contribution in [0.4, 0.5) is 15.8 Å². The van der Waals surface area contributed by atoms with Gasteiger partial charge in [0.25, 0.3) is 5.56 Å². The Labute approximate surface area is 201 Å². The number of halogens is 1. The molecule has 4 aromatic rings. The molecule has 1 atom stereocenters. The first-order valence-electron chi connectivity index (χ1n) is 12.0. The highest BCUT2D eigenvalue weighted by Gasteiger charge is 2.35. The highest BCUT2D eigenvalue weighted by molar-refractivity contribution is 6.00. The third kappa shape index (κ3) is 3.90. The standard InChI is InChI=1S/C26H26FN7O/c27-17-12-16-20(13-21(17)29-9-3-8-28)33-26(35)23(25-31-18-4-1-2-5-19(18)32-25)24(16)30-22-14-34-10-6-15(22)7-11-34/h1-2,4-5,12-13,15,22,29H,3,6-7,9-11,14H2,(H,31,32)(H2,30,33,35)/t22-/m1/s1. The SMILES string of the molecule is N#CCCNc1cc2[nH]c(=O)c(-c3nc4ccccc4[nH]3)c(N[C@@H]3CN4CCC3CC4)c2cc1F. The van der Waals surface area contributed by atoms with E-state index in [1.165, 1.54) is 6.07 Å². The largest absolute Gasteiger partial charge is 0.382 e. The molecule has 3 saturated heterocycles. The molecule has 4 N–H and O–H groups in total. The lowest BCUT2D eigenvalue weighted by Crippen LogP contribution is -2.53. The van der Waals surface area contributed by atoms with Crippen LogP contribution in [0.1, 0.15) is 19.3 Å². The number of anilines is 2. The minimum Gasteiger partial charge on any atom is -0.382 e. The molecule has 3 fully saturated rings. The van der Waals surface area contributed by atoms with Crippen LogP contribution in [0.15, 0.2) is 41.2 Å². The first-order chi connectivity index (χ1) is 17.1. The third-order valence-corrected chi connectivity index (χ3v) is 7.27. The summed E-state index contributed by atoms with van der Waals surface area (Å²) in [5, 5.41) is 16.0. The van der Waals surface area contributed by atoms with Crippen LogP contribution < -0.4 is 16.2 Å². The lowest BCUT2D eigenvalue weighted by Gasteiger charge is -2.45. The molecule has 8 nitrogen and oxygen atoms in total. The summed E-state index contributed by atoms with van der Waals surface area (Å²) in [6.45, 7) is 3.42. The average molecular weight is 472 g/mol. The second-order valence-electron chi connectivity index (χ2n) is 9.41. The van der Waals surface area contributed by atoms with E-state index in [2.05, 4.69) is 30.5 Å². The number of piperidine rings is 3. The summed E-state index contributed by atoms with van der Waals surface area (Å²) in [6.07, 6.45) is 2.48. The maximum Gasteiger partial charge on any atom is 0.261 e. The maximum atomic E-state index is 15.2. The molecule has 2 aromatic carbocycles. The van der Waals surface area contributed by atoms with Gasteiger partial charge in [-0.05, 0) is 56.1 Å². The number of imidazole rings is 1. The van der Waals surface area contributed by atoms with Crippen molar-refractivity contribution in [2.45, 2.75) is 25.3 Å². The lowest BCUT2D eigenvalue weighted by molar-refractivity contribution is 0.0976. The summed E-state index contributed by atoms with van der Waals surface area (Å²) in [5.41, 5.74) is 3.07. The van der Waals surface area contributed by atoms with Gasteiger partial charge in [-0.15, -0.1) is 0 Å². The molecule has 35 heavy (non-hydrogen) atoms. The number of para-hydroxylation sites is 2. The number of nitriles is 1. The first kappa shape index (κ1) is 21.6. The summed E-state index contributed by atoms with van der Waals surface area (Å²) in [5.74, 6) is 0.527. The van der Waals surface area contributed by atoms with E-state index in [1.807, 2.05) is 30.3 Å². The summed E-state index contributed by atoms with van der Waals surface area (Å²) >= 11 is 0. The Bertz CT molecular complexity index is 1480. The molecule has 0 saturated carbocycles. The van der Waals surface area contributed by atoms with Gasteiger partial charge >= 0.3 is 0 Å². The van der Waals surface area contributed by atoms with Crippen molar-refractivity contribution in [3.05, 3.63) is 52.6 Å². The van der Waals surface area contributed by atoms with Gasteiger partial charge in [-0.3, -0.25) is 4.79 Å². The van der Waals surface area contributed by atoms with Crippen LogP contribution in [0.25, 0.3) is 33.3 Å². The zero-order valence-corrected chi connectivity index (χ0v) is 19.2. The first-order valence-corrected chi connectivity index (χ1v) is 12.0. The molecular weight excluding hydrogens is 445 g/mol. The Hall–Kier alpha value is -3.90. The van der Waals surface area contributed by atoms with Crippen LogP contribution in [0.2, 0.25) is 0 Å². The number of rotatable bonds is 6. The summed E-state index contributed by atoms with van der Waals surface area (Å²) in [7, 11) is 0. The molecule has 0 radical (unpaired) electrons. The molecule has 0 aliphatic carbocycles. The maximum absolute atomic E-state index is 15.2. The van der Waals surface area contributed by atoms with Crippen molar-refractivity contribution in [1.29, 1.82) is 5.26 Å². The Morgan fingerprint density at radius 2 is 2.00 bits per heavy atom. The zero-order valence-electron chi connectivity index (χ0n) is 19.2. The second-order valence-corrected chi connectivity index (χ2v) is 9.41.